The van der Waals surface area contributed by atoms with Gasteiger partial charge in [-0.1, -0.05) is 27.7 Å². The van der Waals surface area contributed by atoms with Crippen LogP contribution in [0.1, 0.15) is 63.1 Å². The average Bonchev–Trinajstić information content (AvgIpc) is 2.70. The summed E-state index contributed by atoms with van der Waals surface area (Å²) in [5, 5.41) is 13.0. The van der Waals surface area contributed by atoms with Crippen LogP contribution in [0.5, 0.6) is 17.2 Å². The number of esters is 1. The summed E-state index contributed by atoms with van der Waals surface area (Å²) in [6, 6.07) is 8.97. The van der Waals surface area contributed by atoms with E-state index in [1.165, 1.54) is 7.11 Å². The number of phenolic OH excluding ortho intramolecular Hbond substituents is 1. The zero-order valence-corrected chi connectivity index (χ0v) is 20.1. The van der Waals surface area contributed by atoms with Crippen LogP contribution in [0, 0.1) is 25.7 Å². The highest BCUT2D eigenvalue weighted by atomic mass is 16.5. The zero-order chi connectivity index (χ0) is 24.0. The van der Waals surface area contributed by atoms with E-state index in [1.807, 2.05) is 59.7 Å². The number of hydrogen-bond donors (Lipinski definition) is 2. The summed E-state index contributed by atoms with van der Waals surface area (Å²) in [7, 11) is 1.36. The Bertz CT molecular complexity index is 942. The Balaban J connectivity index is 2.14. The second kappa shape index (κ2) is 11.0. The minimum Gasteiger partial charge on any atom is -0.508 e. The third-order valence-corrected chi connectivity index (χ3v) is 5.63. The van der Waals surface area contributed by atoms with Crippen LogP contribution in [0.2, 0.25) is 0 Å². The lowest BCUT2D eigenvalue weighted by molar-refractivity contribution is -0.142. The summed E-state index contributed by atoms with van der Waals surface area (Å²) < 4.78 is 10.9. The van der Waals surface area contributed by atoms with E-state index in [0.717, 1.165) is 16.7 Å². The van der Waals surface area contributed by atoms with E-state index in [1.54, 1.807) is 12.1 Å². The highest BCUT2D eigenvalue weighted by Crippen LogP contribution is 2.35. The van der Waals surface area contributed by atoms with Crippen LogP contribution >= 0.6 is 0 Å². The molecule has 0 heterocycles. The molecule has 2 aromatic carbocycles. The lowest BCUT2D eigenvalue weighted by Gasteiger charge is -2.20. The highest BCUT2D eigenvalue weighted by Gasteiger charge is 2.22. The molecule has 0 aromatic heterocycles. The average molecular weight is 442 g/mol. The van der Waals surface area contributed by atoms with Crippen LogP contribution < -0.4 is 10.1 Å². The van der Waals surface area contributed by atoms with Gasteiger partial charge in [0, 0.05) is 24.1 Å². The molecule has 2 rings (SSSR count). The molecule has 32 heavy (non-hydrogen) atoms. The van der Waals surface area contributed by atoms with Crippen molar-refractivity contribution >= 4 is 17.6 Å². The molecule has 1 unspecified atom stereocenters. The molecule has 0 saturated carbocycles. The first-order valence-electron chi connectivity index (χ1n) is 11.0. The smallest absolute Gasteiger partial charge is 0.305 e. The first kappa shape index (κ1) is 25.2. The number of nitrogens with one attached hydrogen (secondary N) is 1. The number of amides is 1. The maximum absolute atomic E-state index is 12.6. The Morgan fingerprint density at radius 3 is 2.16 bits per heavy atom. The van der Waals surface area contributed by atoms with Gasteiger partial charge in [0.05, 0.1) is 7.11 Å². The second-order valence-electron chi connectivity index (χ2n) is 8.95. The van der Waals surface area contributed by atoms with Gasteiger partial charge in [-0.25, -0.2) is 0 Å². The lowest BCUT2D eigenvalue weighted by atomic mass is 9.89. The van der Waals surface area contributed by atoms with Crippen molar-refractivity contribution < 1.29 is 24.2 Å². The van der Waals surface area contributed by atoms with Crippen molar-refractivity contribution in [1.29, 1.82) is 0 Å². The number of aromatic hydroxyl groups is 1. The Labute approximate surface area is 190 Å². The molecule has 0 fully saturated rings. The van der Waals surface area contributed by atoms with Crippen molar-refractivity contribution in [2.24, 2.45) is 11.8 Å². The van der Waals surface area contributed by atoms with Crippen LogP contribution in [-0.4, -0.2) is 24.1 Å². The maximum atomic E-state index is 12.6. The Hall–Kier alpha value is -3.02. The standard InChI is InChI=1S/C26H35NO5/c1-15(2)19(13-25(30)31-7)12-24(29)27-20-10-17(5)26(18(6)11-20)32-21-8-9-23(28)22(14-21)16(3)4/h8-11,14-16,19,28H,12-13H2,1-7H3,(H,27,29). The summed E-state index contributed by atoms with van der Waals surface area (Å²) in [4.78, 5) is 24.2. The van der Waals surface area contributed by atoms with E-state index in [-0.39, 0.29) is 48.2 Å². The number of anilines is 1. The topological polar surface area (TPSA) is 84.9 Å². The Kier molecular flexibility index (Phi) is 8.70. The number of ether oxygens (including phenoxy) is 2. The van der Waals surface area contributed by atoms with E-state index < -0.39 is 0 Å². The number of carbonyl (C=O) groups is 2. The number of methoxy groups -OCH3 is 1. The Morgan fingerprint density at radius 1 is 1.00 bits per heavy atom. The fourth-order valence-corrected chi connectivity index (χ4v) is 3.65. The van der Waals surface area contributed by atoms with Gasteiger partial charge in [0.1, 0.15) is 17.2 Å². The third-order valence-electron chi connectivity index (χ3n) is 5.63. The number of benzene rings is 2. The van der Waals surface area contributed by atoms with Crippen molar-refractivity contribution in [3.05, 3.63) is 47.0 Å². The molecule has 1 atom stereocenters. The monoisotopic (exact) mass is 441 g/mol. The van der Waals surface area contributed by atoms with Gasteiger partial charge in [0.25, 0.3) is 0 Å². The lowest BCUT2D eigenvalue weighted by Crippen LogP contribution is -2.22. The summed E-state index contributed by atoms with van der Waals surface area (Å²) in [5.41, 5.74) is 3.28. The van der Waals surface area contributed by atoms with Crippen LogP contribution in [0.15, 0.2) is 30.3 Å². The summed E-state index contributed by atoms with van der Waals surface area (Å²) in [6.07, 6.45) is 0.464. The molecular weight excluding hydrogens is 406 g/mol. The minimum atomic E-state index is -0.306. The molecule has 174 valence electrons. The fraction of sp³-hybridized carbons (Fsp3) is 0.462. The normalized spacial score (nSPS) is 12.0. The fourth-order valence-electron chi connectivity index (χ4n) is 3.65. The molecular formula is C26H35NO5. The van der Waals surface area contributed by atoms with Crippen LogP contribution in [0.3, 0.4) is 0 Å². The molecule has 0 bridgehead atoms. The molecule has 1 amide bonds. The SMILES string of the molecule is COC(=O)CC(CC(=O)Nc1cc(C)c(Oc2ccc(O)c(C(C)C)c2)c(C)c1)C(C)C. The number of phenols is 1. The van der Waals surface area contributed by atoms with Crippen LogP contribution in [0.25, 0.3) is 0 Å². The number of aryl methyl sites for hydroxylation is 2. The molecule has 2 N–H and O–H groups in total. The van der Waals surface area contributed by atoms with E-state index in [4.69, 9.17) is 9.47 Å². The highest BCUT2D eigenvalue weighted by molar-refractivity contribution is 5.91. The largest absolute Gasteiger partial charge is 0.508 e. The van der Waals surface area contributed by atoms with Gasteiger partial charge in [0.2, 0.25) is 5.91 Å². The van der Waals surface area contributed by atoms with Crippen molar-refractivity contribution in [2.45, 2.75) is 60.3 Å². The van der Waals surface area contributed by atoms with Gasteiger partial charge in [-0.3, -0.25) is 9.59 Å². The van der Waals surface area contributed by atoms with E-state index in [9.17, 15) is 14.7 Å². The van der Waals surface area contributed by atoms with Gasteiger partial charge in [-0.15, -0.1) is 0 Å². The van der Waals surface area contributed by atoms with Crippen LogP contribution in [0.4, 0.5) is 5.69 Å². The third kappa shape index (κ3) is 6.74. The predicted molar refractivity (Wildman–Crippen MR) is 126 cm³/mol. The number of rotatable bonds is 9. The molecule has 6 nitrogen and oxygen atoms in total. The van der Waals surface area contributed by atoms with Crippen molar-refractivity contribution in [3.8, 4) is 17.2 Å². The molecule has 2 aromatic rings. The van der Waals surface area contributed by atoms with E-state index in [0.29, 0.717) is 17.2 Å². The summed E-state index contributed by atoms with van der Waals surface area (Å²) in [5.74, 6) is 1.45. The van der Waals surface area contributed by atoms with E-state index >= 15 is 0 Å². The summed E-state index contributed by atoms with van der Waals surface area (Å²) in [6.45, 7) is 11.9. The van der Waals surface area contributed by atoms with Gasteiger partial charge in [0.15, 0.2) is 0 Å². The minimum absolute atomic E-state index is 0.0862. The predicted octanol–water partition coefficient (Wildman–Crippen LogP) is 6.09. The number of hydrogen-bond acceptors (Lipinski definition) is 5. The summed E-state index contributed by atoms with van der Waals surface area (Å²) >= 11 is 0. The first-order valence-corrected chi connectivity index (χ1v) is 11.0. The first-order chi connectivity index (χ1) is 15.0. The maximum Gasteiger partial charge on any atom is 0.305 e. The molecule has 0 spiro atoms. The van der Waals surface area contributed by atoms with Gasteiger partial charge in [-0.05, 0) is 73.1 Å². The number of carbonyl (C=O) groups excluding carboxylic acids is 2. The van der Waals surface area contributed by atoms with Crippen molar-refractivity contribution in [3.63, 3.8) is 0 Å². The van der Waals surface area contributed by atoms with Crippen molar-refractivity contribution in [2.75, 3.05) is 12.4 Å². The van der Waals surface area contributed by atoms with Crippen LogP contribution in [-0.2, 0) is 14.3 Å². The van der Waals surface area contributed by atoms with Gasteiger partial charge in [-0.2, -0.15) is 0 Å². The second-order valence-corrected chi connectivity index (χ2v) is 8.95. The van der Waals surface area contributed by atoms with Gasteiger partial charge < -0.3 is 19.9 Å². The molecule has 0 radical (unpaired) electrons. The molecule has 0 saturated heterocycles. The molecule has 0 aliphatic carbocycles. The quantitative estimate of drug-likeness (QED) is 0.460. The Morgan fingerprint density at radius 2 is 1.62 bits per heavy atom. The molecule has 0 aliphatic rings. The molecule has 0 aliphatic heterocycles. The van der Waals surface area contributed by atoms with Gasteiger partial charge >= 0.3 is 5.97 Å². The van der Waals surface area contributed by atoms with Crippen molar-refractivity contribution in [1.82, 2.24) is 0 Å². The van der Waals surface area contributed by atoms with E-state index in [2.05, 4.69) is 5.32 Å². The zero-order valence-electron chi connectivity index (χ0n) is 20.1. The molecule has 6 heteroatoms.